The molecule has 2 unspecified atom stereocenters. The number of nitrogens with zero attached hydrogens (tertiary/aromatic N) is 2. The minimum Gasteiger partial charge on any atom is -0.465 e. The van der Waals surface area contributed by atoms with Crippen LogP contribution in [0.4, 0.5) is 10.8 Å². The second-order valence-electron chi connectivity index (χ2n) is 5.69. The highest BCUT2D eigenvalue weighted by Gasteiger charge is 2.36. The summed E-state index contributed by atoms with van der Waals surface area (Å²) in [7, 11) is 1.39. The number of aromatic nitrogens is 1. The Hall–Kier alpha value is -1.30. The van der Waals surface area contributed by atoms with Crippen LogP contribution in [-0.4, -0.2) is 30.0 Å². The molecule has 2 aliphatic rings. The summed E-state index contributed by atoms with van der Waals surface area (Å²) in [4.78, 5) is 14.3. The van der Waals surface area contributed by atoms with Crippen LogP contribution in [0.3, 0.4) is 0 Å². The predicted molar refractivity (Wildman–Crippen MR) is 80.2 cm³/mol. The Morgan fingerprint density at radius 3 is 2.90 bits per heavy atom. The predicted octanol–water partition coefficient (Wildman–Crippen LogP) is 2.67. The summed E-state index contributed by atoms with van der Waals surface area (Å²) in [6, 6.07) is 0.542. The molecule has 2 N–H and O–H groups in total. The van der Waals surface area contributed by atoms with Gasteiger partial charge >= 0.3 is 5.97 Å². The minimum atomic E-state index is -0.371. The Morgan fingerprint density at radius 2 is 2.10 bits per heavy atom. The van der Waals surface area contributed by atoms with E-state index in [2.05, 4.69) is 9.27 Å². The summed E-state index contributed by atoms with van der Waals surface area (Å²) in [6.07, 6.45) is 7.62. The van der Waals surface area contributed by atoms with Gasteiger partial charge in [-0.1, -0.05) is 12.8 Å². The summed E-state index contributed by atoms with van der Waals surface area (Å²) in [5.41, 5.74) is 6.33. The number of rotatable bonds is 2. The van der Waals surface area contributed by atoms with Gasteiger partial charge in [0.15, 0.2) is 5.82 Å². The van der Waals surface area contributed by atoms with Crippen LogP contribution in [0.15, 0.2) is 0 Å². The van der Waals surface area contributed by atoms with Crippen LogP contribution in [0, 0.1) is 5.92 Å². The van der Waals surface area contributed by atoms with E-state index in [1.807, 2.05) is 0 Å². The molecule has 2 fully saturated rings. The molecule has 0 bridgehead atoms. The summed E-state index contributed by atoms with van der Waals surface area (Å²) in [6.45, 7) is 0.993. The number of anilines is 2. The van der Waals surface area contributed by atoms with Crippen LogP contribution in [0.2, 0.25) is 0 Å². The maximum atomic E-state index is 12.0. The maximum absolute atomic E-state index is 12.0. The van der Waals surface area contributed by atoms with Crippen molar-refractivity contribution in [1.82, 2.24) is 4.37 Å². The number of hydrogen-bond acceptors (Lipinski definition) is 6. The van der Waals surface area contributed by atoms with Crippen molar-refractivity contribution in [2.45, 2.75) is 44.6 Å². The SMILES string of the molecule is COC(=O)c1c(N)nsc1N1CCCC2CCCCC21. The molecule has 1 aromatic rings. The van der Waals surface area contributed by atoms with E-state index in [0.717, 1.165) is 17.5 Å². The van der Waals surface area contributed by atoms with E-state index in [9.17, 15) is 4.79 Å². The number of nitrogen functional groups attached to an aromatic ring is 1. The number of carbonyl (C=O) groups excluding carboxylic acids is 1. The lowest BCUT2D eigenvalue weighted by Gasteiger charge is -2.44. The van der Waals surface area contributed by atoms with Gasteiger partial charge in [-0.3, -0.25) is 0 Å². The molecule has 5 nitrogen and oxygen atoms in total. The van der Waals surface area contributed by atoms with Crippen molar-refractivity contribution in [3.63, 3.8) is 0 Å². The number of methoxy groups -OCH3 is 1. The van der Waals surface area contributed by atoms with Crippen molar-refractivity contribution < 1.29 is 9.53 Å². The second kappa shape index (κ2) is 5.60. The molecule has 0 spiro atoms. The van der Waals surface area contributed by atoms with Crippen LogP contribution < -0.4 is 10.6 Å². The highest BCUT2D eigenvalue weighted by atomic mass is 32.1. The number of carbonyl (C=O) groups is 1. The monoisotopic (exact) mass is 295 g/mol. The van der Waals surface area contributed by atoms with E-state index in [1.165, 1.54) is 57.2 Å². The smallest absolute Gasteiger partial charge is 0.344 e. The lowest BCUT2D eigenvalue weighted by molar-refractivity contribution is 0.0602. The molecule has 1 saturated carbocycles. The zero-order valence-electron chi connectivity index (χ0n) is 11.8. The average Bonchev–Trinajstić information content (AvgIpc) is 2.87. The first-order valence-electron chi connectivity index (χ1n) is 7.32. The van der Waals surface area contributed by atoms with Crippen LogP contribution in [0.5, 0.6) is 0 Å². The quantitative estimate of drug-likeness (QED) is 0.850. The molecular formula is C14H21N3O2S. The number of ether oxygens (including phenoxy) is 1. The Morgan fingerprint density at radius 1 is 1.35 bits per heavy atom. The molecule has 0 aromatic carbocycles. The van der Waals surface area contributed by atoms with E-state index in [0.29, 0.717) is 17.4 Å². The maximum Gasteiger partial charge on any atom is 0.344 e. The van der Waals surface area contributed by atoms with Crippen LogP contribution >= 0.6 is 11.5 Å². The van der Waals surface area contributed by atoms with E-state index in [1.54, 1.807) is 0 Å². The van der Waals surface area contributed by atoms with Gasteiger partial charge in [-0.25, -0.2) is 4.79 Å². The highest BCUT2D eigenvalue weighted by Crippen LogP contribution is 2.41. The first-order chi connectivity index (χ1) is 9.72. The van der Waals surface area contributed by atoms with Crippen molar-refractivity contribution in [3.8, 4) is 0 Å². The summed E-state index contributed by atoms with van der Waals surface area (Å²) < 4.78 is 9.04. The van der Waals surface area contributed by atoms with Gasteiger partial charge in [0, 0.05) is 12.6 Å². The molecule has 110 valence electrons. The zero-order chi connectivity index (χ0) is 14.1. The summed E-state index contributed by atoms with van der Waals surface area (Å²) in [5, 5.41) is 0.908. The number of nitrogens with two attached hydrogens (primary N) is 1. The Balaban J connectivity index is 1.93. The molecule has 6 heteroatoms. The molecule has 1 aromatic heterocycles. The first kappa shape index (κ1) is 13.7. The van der Waals surface area contributed by atoms with Gasteiger partial charge in [0.2, 0.25) is 0 Å². The average molecular weight is 295 g/mol. The lowest BCUT2D eigenvalue weighted by atomic mass is 9.78. The molecule has 2 atom stereocenters. The fraction of sp³-hybridized carbons (Fsp3) is 0.714. The van der Waals surface area contributed by atoms with Gasteiger partial charge in [0.1, 0.15) is 10.6 Å². The minimum absolute atomic E-state index is 0.301. The van der Waals surface area contributed by atoms with Crippen molar-refractivity contribution in [2.75, 3.05) is 24.3 Å². The number of hydrogen-bond donors (Lipinski definition) is 1. The van der Waals surface area contributed by atoms with Gasteiger partial charge in [-0.15, -0.1) is 0 Å². The third-order valence-corrected chi connectivity index (χ3v) is 5.49. The van der Waals surface area contributed by atoms with Crippen molar-refractivity contribution in [1.29, 1.82) is 0 Å². The van der Waals surface area contributed by atoms with E-state index < -0.39 is 0 Å². The molecule has 0 radical (unpaired) electrons. The number of fused-ring (bicyclic) bond motifs is 1. The molecule has 3 rings (SSSR count). The number of esters is 1. The molecule has 1 aliphatic carbocycles. The molecule has 0 amide bonds. The highest BCUT2D eigenvalue weighted by molar-refractivity contribution is 7.11. The topological polar surface area (TPSA) is 68.5 Å². The molecular weight excluding hydrogens is 274 g/mol. The molecule has 1 aliphatic heterocycles. The molecule has 1 saturated heterocycles. The van der Waals surface area contributed by atoms with Crippen LogP contribution in [0.1, 0.15) is 48.9 Å². The molecule has 2 heterocycles. The lowest BCUT2D eigenvalue weighted by Crippen LogP contribution is -2.47. The van der Waals surface area contributed by atoms with Crippen LogP contribution in [0.25, 0.3) is 0 Å². The van der Waals surface area contributed by atoms with E-state index in [-0.39, 0.29) is 5.97 Å². The summed E-state index contributed by atoms with van der Waals surface area (Å²) >= 11 is 1.33. The fourth-order valence-electron chi connectivity index (χ4n) is 3.66. The molecule has 20 heavy (non-hydrogen) atoms. The van der Waals surface area contributed by atoms with E-state index in [4.69, 9.17) is 10.5 Å². The van der Waals surface area contributed by atoms with Crippen molar-refractivity contribution >= 4 is 28.3 Å². The largest absolute Gasteiger partial charge is 0.465 e. The van der Waals surface area contributed by atoms with Gasteiger partial charge in [-0.2, -0.15) is 4.37 Å². The second-order valence-corrected chi connectivity index (χ2v) is 6.44. The van der Waals surface area contributed by atoms with Crippen molar-refractivity contribution in [2.24, 2.45) is 5.92 Å². The standard InChI is InChI=1S/C14H21N3O2S/c1-19-14(18)11-12(15)16-20-13(11)17-8-4-6-9-5-2-3-7-10(9)17/h9-10H,2-8H2,1H3,(H2,15,16). The fourth-order valence-corrected chi connectivity index (χ4v) is 4.55. The van der Waals surface area contributed by atoms with Gasteiger partial charge in [0.25, 0.3) is 0 Å². The Bertz CT molecular complexity index is 501. The first-order valence-corrected chi connectivity index (χ1v) is 8.09. The zero-order valence-corrected chi connectivity index (χ0v) is 12.6. The van der Waals surface area contributed by atoms with Crippen molar-refractivity contribution in [3.05, 3.63) is 5.56 Å². The normalized spacial score (nSPS) is 26.1. The van der Waals surface area contributed by atoms with Gasteiger partial charge in [0.05, 0.1) is 7.11 Å². The Kier molecular flexibility index (Phi) is 3.83. The number of piperidine rings is 1. The Labute approximate surface area is 123 Å². The third kappa shape index (κ3) is 2.26. The van der Waals surface area contributed by atoms with Gasteiger partial charge < -0.3 is 15.4 Å². The summed E-state index contributed by atoms with van der Waals surface area (Å²) in [5.74, 6) is 0.685. The van der Waals surface area contributed by atoms with Crippen LogP contribution in [-0.2, 0) is 4.74 Å². The van der Waals surface area contributed by atoms with Gasteiger partial charge in [-0.05, 0) is 43.1 Å². The third-order valence-electron chi connectivity index (χ3n) is 4.59. The van der Waals surface area contributed by atoms with E-state index >= 15 is 0 Å².